The third-order valence-electron chi connectivity index (χ3n) is 3.63. The molecular weight excluding hydrogens is 244 g/mol. The van der Waals surface area contributed by atoms with E-state index in [1.807, 2.05) is 19.1 Å². The maximum atomic E-state index is 10.3. The van der Waals surface area contributed by atoms with Gasteiger partial charge in [-0.1, -0.05) is 56.8 Å². The maximum absolute atomic E-state index is 10.3. The largest absolute Gasteiger partial charge is 0.392 e. The van der Waals surface area contributed by atoms with Gasteiger partial charge in [0.25, 0.3) is 0 Å². The molecule has 0 aromatic heterocycles. The molecule has 0 saturated heterocycles. The van der Waals surface area contributed by atoms with Gasteiger partial charge in [-0.15, -0.1) is 0 Å². The molecule has 0 fully saturated rings. The summed E-state index contributed by atoms with van der Waals surface area (Å²) in [6.07, 6.45) is 4.91. The predicted octanol–water partition coefficient (Wildman–Crippen LogP) is 4.77. The summed E-state index contributed by atoms with van der Waals surface area (Å²) in [6, 6.07) is 6.06. The van der Waals surface area contributed by atoms with Gasteiger partial charge in [-0.05, 0) is 36.5 Å². The fraction of sp³-hybridized carbons (Fsp3) is 0.625. The number of halogens is 1. The van der Waals surface area contributed by atoms with Crippen molar-refractivity contribution in [2.75, 3.05) is 0 Å². The standard InChI is InChI=1S/C16H25ClO/c1-4-6-7-13(5-2)16(18)11-14-9-8-12(3)10-15(14)17/h8-10,13,16,18H,4-7,11H2,1-3H3. The van der Waals surface area contributed by atoms with E-state index in [0.717, 1.165) is 29.0 Å². The predicted molar refractivity (Wildman–Crippen MR) is 79.2 cm³/mol. The molecule has 0 amide bonds. The van der Waals surface area contributed by atoms with Crippen molar-refractivity contribution in [3.05, 3.63) is 34.3 Å². The Bertz CT molecular complexity index is 362. The van der Waals surface area contributed by atoms with Crippen molar-refractivity contribution >= 4 is 11.6 Å². The van der Waals surface area contributed by atoms with Crippen molar-refractivity contribution in [1.29, 1.82) is 0 Å². The second kappa shape index (κ2) is 7.81. The third kappa shape index (κ3) is 4.62. The van der Waals surface area contributed by atoms with Gasteiger partial charge < -0.3 is 5.11 Å². The number of aliphatic hydroxyl groups excluding tert-OH is 1. The highest BCUT2D eigenvalue weighted by Gasteiger charge is 2.18. The average molecular weight is 269 g/mol. The zero-order valence-electron chi connectivity index (χ0n) is 11.7. The summed E-state index contributed by atoms with van der Waals surface area (Å²) in [7, 11) is 0. The van der Waals surface area contributed by atoms with Crippen LogP contribution >= 0.6 is 11.6 Å². The smallest absolute Gasteiger partial charge is 0.0609 e. The van der Waals surface area contributed by atoms with Crippen molar-refractivity contribution in [3.63, 3.8) is 0 Å². The van der Waals surface area contributed by atoms with Crippen LogP contribution in [0.25, 0.3) is 0 Å². The van der Waals surface area contributed by atoms with E-state index in [9.17, 15) is 5.11 Å². The molecule has 1 N–H and O–H groups in total. The van der Waals surface area contributed by atoms with E-state index in [1.54, 1.807) is 0 Å². The molecule has 102 valence electrons. The Morgan fingerprint density at radius 2 is 2.00 bits per heavy atom. The minimum atomic E-state index is -0.276. The lowest BCUT2D eigenvalue weighted by molar-refractivity contribution is 0.0987. The summed E-state index contributed by atoms with van der Waals surface area (Å²) in [4.78, 5) is 0. The van der Waals surface area contributed by atoms with Crippen molar-refractivity contribution < 1.29 is 5.11 Å². The van der Waals surface area contributed by atoms with Crippen LogP contribution in [0.2, 0.25) is 5.02 Å². The zero-order chi connectivity index (χ0) is 13.5. The van der Waals surface area contributed by atoms with E-state index in [-0.39, 0.29) is 6.10 Å². The van der Waals surface area contributed by atoms with E-state index in [2.05, 4.69) is 19.9 Å². The molecule has 0 bridgehead atoms. The van der Waals surface area contributed by atoms with E-state index >= 15 is 0 Å². The number of aliphatic hydroxyl groups is 1. The third-order valence-corrected chi connectivity index (χ3v) is 3.99. The Hall–Kier alpha value is -0.530. The first-order valence-electron chi connectivity index (χ1n) is 7.01. The van der Waals surface area contributed by atoms with Crippen LogP contribution in [0, 0.1) is 12.8 Å². The monoisotopic (exact) mass is 268 g/mol. The lowest BCUT2D eigenvalue weighted by Crippen LogP contribution is -2.22. The second-order valence-electron chi connectivity index (χ2n) is 5.18. The summed E-state index contributed by atoms with van der Waals surface area (Å²) in [5.74, 6) is 0.391. The molecular formula is C16H25ClO. The fourth-order valence-electron chi connectivity index (χ4n) is 2.34. The van der Waals surface area contributed by atoms with Gasteiger partial charge >= 0.3 is 0 Å². The highest BCUT2D eigenvalue weighted by Crippen LogP contribution is 2.24. The Morgan fingerprint density at radius 3 is 2.56 bits per heavy atom. The van der Waals surface area contributed by atoms with Crippen LogP contribution in [0.4, 0.5) is 0 Å². The molecule has 1 aromatic carbocycles. The maximum Gasteiger partial charge on any atom is 0.0609 e. The number of rotatable bonds is 7. The molecule has 0 aliphatic carbocycles. The number of benzene rings is 1. The van der Waals surface area contributed by atoms with Crippen LogP contribution in [0.1, 0.15) is 50.7 Å². The van der Waals surface area contributed by atoms with Gasteiger partial charge in [0.05, 0.1) is 6.10 Å². The molecule has 2 heteroatoms. The molecule has 1 rings (SSSR count). The SMILES string of the molecule is CCCCC(CC)C(O)Cc1ccc(C)cc1Cl. The van der Waals surface area contributed by atoms with Crippen molar-refractivity contribution in [2.24, 2.45) is 5.92 Å². The topological polar surface area (TPSA) is 20.2 Å². The summed E-state index contributed by atoms with van der Waals surface area (Å²) in [5.41, 5.74) is 2.22. The van der Waals surface area contributed by atoms with Crippen LogP contribution < -0.4 is 0 Å². The molecule has 0 radical (unpaired) electrons. The van der Waals surface area contributed by atoms with Crippen LogP contribution in [0.3, 0.4) is 0 Å². The second-order valence-corrected chi connectivity index (χ2v) is 5.58. The summed E-state index contributed by atoms with van der Waals surface area (Å²) >= 11 is 6.21. The molecule has 1 nitrogen and oxygen atoms in total. The minimum Gasteiger partial charge on any atom is -0.392 e. The molecule has 0 aliphatic rings. The van der Waals surface area contributed by atoms with Crippen LogP contribution in [-0.4, -0.2) is 11.2 Å². The number of hydrogen-bond acceptors (Lipinski definition) is 1. The Labute approximate surface area is 116 Å². The summed E-state index contributed by atoms with van der Waals surface area (Å²) < 4.78 is 0. The van der Waals surface area contributed by atoms with Crippen molar-refractivity contribution in [1.82, 2.24) is 0 Å². The van der Waals surface area contributed by atoms with Gasteiger partial charge in [0.15, 0.2) is 0 Å². The van der Waals surface area contributed by atoms with E-state index in [4.69, 9.17) is 11.6 Å². The van der Waals surface area contributed by atoms with Gasteiger partial charge in [-0.3, -0.25) is 0 Å². The molecule has 0 heterocycles. The van der Waals surface area contributed by atoms with Crippen molar-refractivity contribution in [2.45, 2.75) is 59.0 Å². The number of hydrogen-bond donors (Lipinski definition) is 1. The van der Waals surface area contributed by atoms with Crippen molar-refractivity contribution in [3.8, 4) is 0 Å². The molecule has 18 heavy (non-hydrogen) atoms. The van der Waals surface area contributed by atoms with Gasteiger partial charge in [0.1, 0.15) is 0 Å². The van der Waals surface area contributed by atoms with Crippen LogP contribution in [-0.2, 0) is 6.42 Å². The molecule has 2 atom stereocenters. The molecule has 0 spiro atoms. The first-order chi connectivity index (χ1) is 8.58. The van der Waals surface area contributed by atoms with Gasteiger partial charge in [-0.2, -0.15) is 0 Å². The van der Waals surface area contributed by atoms with Gasteiger partial charge in [0, 0.05) is 11.4 Å². The van der Waals surface area contributed by atoms with Gasteiger partial charge in [-0.25, -0.2) is 0 Å². The van der Waals surface area contributed by atoms with Gasteiger partial charge in [0.2, 0.25) is 0 Å². The Kier molecular flexibility index (Phi) is 6.73. The Morgan fingerprint density at radius 1 is 1.28 bits per heavy atom. The highest BCUT2D eigenvalue weighted by atomic mass is 35.5. The molecule has 1 aromatic rings. The number of aryl methyl sites for hydroxylation is 1. The lowest BCUT2D eigenvalue weighted by atomic mass is 9.89. The van der Waals surface area contributed by atoms with E-state index in [1.165, 1.54) is 12.8 Å². The highest BCUT2D eigenvalue weighted by molar-refractivity contribution is 6.31. The fourth-order valence-corrected chi connectivity index (χ4v) is 2.66. The van der Waals surface area contributed by atoms with Crippen LogP contribution in [0.15, 0.2) is 18.2 Å². The lowest BCUT2D eigenvalue weighted by Gasteiger charge is -2.22. The van der Waals surface area contributed by atoms with E-state index in [0.29, 0.717) is 12.3 Å². The minimum absolute atomic E-state index is 0.276. The van der Waals surface area contributed by atoms with Crippen LogP contribution in [0.5, 0.6) is 0 Å². The summed E-state index contributed by atoms with van der Waals surface area (Å²) in [6.45, 7) is 6.37. The molecule has 0 saturated carbocycles. The van der Waals surface area contributed by atoms with E-state index < -0.39 is 0 Å². The zero-order valence-corrected chi connectivity index (χ0v) is 12.5. The normalized spacial score (nSPS) is 14.5. The average Bonchev–Trinajstić information content (AvgIpc) is 2.34. The molecule has 2 unspecified atom stereocenters. The first-order valence-corrected chi connectivity index (χ1v) is 7.39. The number of unbranched alkanes of at least 4 members (excludes halogenated alkanes) is 1. The first kappa shape index (κ1) is 15.5. The molecule has 0 aliphatic heterocycles. The summed E-state index contributed by atoms with van der Waals surface area (Å²) in [5, 5.41) is 11.1. The Balaban J connectivity index is 2.64. The quantitative estimate of drug-likeness (QED) is 0.755.